The highest BCUT2D eigenvalue weighted by Gasteiger charge is 2.18. The van der Waals surface area contributed by atoms with E-state index in [0.29, 0.717) is 23.9 Å². The van der Waals surface area contributed by atoms with Crippen molar-refractivity contribution < 1.29 is 14.6 Å². The Labute approximate surface area is 200 Å². The third-order valence-electron chi connectivity index (χ3n) is 5.55. The number of rotatable bonds is 9. The molecule has 4 N–H and O–H groups in total. The van der Waals surface area contributed by atoms with Gasteiger partial charge in [-0.3, -0.25) is 9.69 Å². The van der Waals surface area contributed by atoms with Gasteiger partial charge in [0.05, 0.1) is 24.4 Å². The number of nitrogen functional groups attached to an aromatic ring is 1. The van der Waals surface area contributed by atoms with Crippen molar-refractivity contribution in [2.24, 2.45) is 0 Å². The van der Waals surface area contributed by atoms with Gasteiger partial charge >= 0.3 is 5.97 Å². The Bertz CT molecular complexity index is 1120. The van der Waals surface area contributed by atoms with Gasteiger partial charge in [-0.15, -0.1) is 0 Å². The third kappa shape index (κ3) is 6.31. The lowest BCUT2D eigenvalue weighted by atomic mass is 10.2. The van der Waals surface area contributed by atoms with Crippen LogP contribution in [0.1, 0.15) is 6.42 Å². The summed E-state index contributed by atoms with van der Waals surface area (Å²) < 4.78 is 6.93. The third-order valence-corrected chi connectivity index (χ3v) is 6.05. The Morgan fingerprint density at radius 3 is 2.70 bits per heavy atom. The van der Waals surface area contributed by atoms with Crippen molar-refractivity contribution in [3.8, 4) is 5.75 Å². The molecule has 33 heavy (non-hydrogen) atoms. The maximum absolute atomic E-state index is 10.8. The number of nitrogens with two attached hydrogens (primary N) is 1. The van der Waals surface area contributed by atoms with Gasteiger partial charge in [0.15, 0.2) is 0 Å². The van der Waals surface area contributed by atoms with E-state index in [1.54, 1.807) is 0 Å². The summed E-state index contributed by atoms with van der Waals surface area (Å²) in [6.45, 7) is 4.85. The lowest BCUT2D eigenvalue weighted by molar-refractivity contribution is -0.138. The first kappa shape index (κ1) is 23.2. The number of anilines is 3. The lowest BCUT2D eigenvalue weighted by Crippen LogP contribution is -2.48. The highest BCUT2D eigenvalue weighted by Crippen LogP contribution is 2.31. The molecule has 1 aliphatic rings. The molecule has 3 aromatic rings. The molecule has 1 aromatic heterocycles. The van der Waals surface area contributed by atoms with E-state index in [2.05, 4.69) is 36.1 Å². The molecule has 4 rings (SSSR count). The molecule has 1 saturated heterocycles. The SMILES string of the molecule is Nc1cc2c(Nc3cccc(Br)c3)ncnc2cc1OCCCN1CCN(CC(=O)O)CC1. The number of nitrogens with one attached hydrogen (secondary N) is 1. The van der Waals surface area contributed by atoms with Gasteiger partial charge in [-0.2, -0.15) is 0 Å². The van der Waals surface area contributed by atoms with Gasteiger partial charge in [0.1, 0.15) is 17.9 Å². The molecular weight excluding hydrogens is 488 g/mol. The van der Waals surface area contributed by atoms with Crippen LogP contribution in [0, 0.1) is 0 Å². The topological polar surface area (TPSA) is 117 Å². The minimum atomic E-state index is -0.772. The molecule has 1 fully saturated rings. The van der Waals surface area contributed by atoms with Gasteiger partial charge in [0, 0.05) is 54.3 Å². The van der Waals surface area contributed by atoms with Gasteiger partial charge in [0.2, 0.25) is 0 Å². The summed E-state index contributed by atoms with van der Waals surface area (Å²) in [6.07, 6.45) is 2.38. The quantitative estimate of drug-likeness (QED) is 0.292. The minimum Gasteiger partial charge on any atom is -0.491 e. The first-order chi connectivity index (χ1) is 16.0. The monoisotopic (exact) mass is 514 g/mol. The zero-order valence-corrected chi connectivity index (χ0v) is 19.8. The Kier molecular flexibility index (Phi) is 7.58. The number of nitrogens with zero attached hydrogens (tertiary/aromatic N) is 4. The zero-order valence-electron chi connectivity index (χ0n) is 18.2. The fraction of sp³-hybridized carbons (Fsp3) is 0.348. The molecule has 2 heterocycles. The summed E-state index contributed by atoms with van der Waals surface area (Å²) in [4.78, 5) is 23.9. The normalized spacial score (nSPS) is 14.9. The van der Waals surface area contributed by atoms with Gasteiger partial charge in [-0.05, 0) is 30.7 Å². The van der Waals surface area contributed by atoms with Gasteiger partial charge in [-0.1, -0.05) is 22.0 Å². The minimum absolute atomic E-state index is 0.113. The number of piperazine rings is 1. The molecule has 0 bridgehead atoms. The second-order valence-corrected chi connectivity index (χ2v) is 8.89. The van der Waals surface area contributed by atoms with Crippen molar-refractivity contribution in [3.63, 3.8) is 0 Å². The van der Waals surface area contributed by atoms with E-state index < -0.39 is 5.97 Å². The lowest BCUT2D eigenvalue weighted by Gasteiger charge is -2.33. The maximum Gasteiger partial charge on any atom is 0.317 e. The van der Waals surface area contributed by atoms with Crippen molar-refractivity contribution in [2.75, 3.05) is 56.9 Å². The van der Waals surface area contributed by atoms with E-state index in [1.807, 2.05) is 41.3 Å². The van der Waals surface area contributed by atoms with Crippen LogP contribution in [0.5, 0.6) is 5.75 Å². The fourth-order valence-electron chi connectivity index (χ4n) is 3.86. The van der Waals surface area contributed by atoms with Gasteiger partial charge in [-0.25, -0.2) is 9.97 Å². The molecule has 9 nitrogen and oxygen atoms in total. The van der Waals surface area contributed by atoms with Crippen LogP contribution in [-0.2, 0) is 4.79 Å². The van der Waals surface area contributed by atoms with Crippen LogP contribution in [0.2, 0.25) is 0 Å². The average molecular weight is 515 g/mol. The number of ether oxygens (including phenoxy) is 1. The number of hydrogen-bond acceptors (Lipinski definition) is 8. The number of carbonyl (C=O) groups is 1. The number of halogens is 1. The number of carboxylic acid groups (broad SMARTS) is 1. The molecule has 0 atom stereocenters. The highest BCUT2D eigenvalue weighted by molar-refractivity contribution is 9.10. The average Bonchev–Trinajstić information content (AvgIpc) is 2.78. The van der Waals surface area contributed by atoms with Crippen LogP contribution in [0.4, 0.5) is 17.2 Å². The van der Waals surface area contributed by atoms with Crippen LogP contribution < -0.4 is 15.8 Å². The Morgan fingerprint density at radius 1 is 1.15 bits per heavy atom. The first-order valence-electron chi connectivity index (χ1n) is 10.8. The molecular formula is C23H27BrN6O3. The fourth-order valence-corrected chi connectivity index (χ4v) is 4.26. The predicted octanol–water partition coefficient (Wildman–Crippen LogP) is 3.19. The first-order valence-corrected chi connectivity index (χ1v) is 11.6. The van der Waals surface area contributed by atoms with Crippen molar-refractivity contribution in [1.29, 1.82) is 0 Å². The van der Waals surface area contributed by atoms with Crippen molar-refractivity contribution in [3.05, 3.63) is 47.2 Å². The van der Waals surface area contributed by atoms with Crippen LogP contribution >= 0.6 is 15.9 Å². The van der Waals surface area contributed by atoms with E-state index in [1.165, 1.54) is 6.33 Å². The highest BCUT2D eigenvalue weighted by atomic mass is 79.9. The van der Waals surface area contributed by atoms with E-state index in [-0.39, 0.29) is 6.54 Å². The molecule has 174 valence electrons. The van der Waals surface area contributed by atoms with Gasteiger partial charge < -0.3 is 25.8 Å². The van der Waals surface area contributed by atoms with E-state index in [0.717, 1.165) is 60.2 Å². The second-order valence-electron chi connectivity index (χ2n) is 7.98. The summed E-state index contributed by atoms with van der Waals surface area (Å²) >= 11 is 3.48. The summed E-state index contributed by atoms with van der Waals surface area (Å²) in [5, 5.41) is 13.0. The molecule has 0 aliphatic carbocycles. The standard InChI is InChI=1S/C23H27BrN6O3/c24-16-3-1-4-17(11-16)28-23-18-12-19(25)21(13-20(18)26-15-27-23)33-10-2-5-29-6-8-30(9-7-29)14-22(31)32/h1,3-4,11-13,15H,2,5-10,14,25H2,(H,31,32)(H,26,27,28). The zero-order chi connectivity index (χ0) is 23.2. The van der Waals surface area contributed by atoms with Crippen LogP contribution in [-0.4, -0.2) is 76.7 Å². The van der Waals surface area contributed by atoms with E-state index in [4.69, 9.17) is 15.6 Å². The van der Waals surface area contributed by atoms with Crippen LogP contribution in [0.25, 0.3) is 10.9 Å². The Balaban J connectivity index is 1.32. The van der Waals surface area contributed by atoms with E-state index in [9.17, 15) is 4.79 Å². The van der Waals surface area contributed by atoms with Gasteiger partial charge in [0.25, 0.3) is 0 Å². The Hall–Kier alpha value is -2.95. The summed E-state index contributed by atoms with van der Waals surface area (Å²) in [5.41, 5.74) is 8.47. The van der Waals surface area contributed by atoms with Crippen LogP contribution in [0.3, 0.4) is 0 Å². The predicted molar refractivity (Wildman–Crippen MR) is 132 cm³/mol. The number of hydrogen-bond donors (Lipinski definition) is 3. The number of benzene rings is 2. The molecule has 0 radical (unpaired) electrons. The molecule has 0 spiro atoms. The largest absolute Gasteiger partial charge is 0.491 e. The number of fused-ring (bicyclic) bond motifs is 1. The maximum atomic E-state index is 10.8. The smallest absolute Gasteiger partial charge is 0.317 e. The second kappa shape index (κ2) is 10.8. The molecule has 0 amide bonds. The molecule has 0 unspecified atom stereocenters. The molecule has 10 heteroatoms. The van der Waals surface area contributed by atoms with Crippen molar-refractivity contribution in [2.45, 2.75) is 6.42 Å². The van der Waals surface area contributed by atoms with Crippen molar-refractivity contribution in [1.82, 2.24) is 19.8 Å². The molecule has 2 aromatic carbocycles. The number of aromatic nitrogens is 2. The number of carboxylic acids is 1. The summed E-state index contributed by atoms with van der Waals surface area (Å²) in [5.74, 6) is 0.519. The molecule has 0 saturated carbocycles. The van der Waals surface area contributed by atoms with Crippen LogP contribution in [0.15, 0.2) is 47.2 Å². The summed E-state index contributed by atoms with van der Waals surface area (Å²) in [7, 11) is 0. The van der Waals surface area contributed by atoms with Crippen molar-refractivity contribution >= 4 is 50.0 Å². The molecule has 1 aliphatic heterocycles. The Morgan fingerprint density at radius 2 is 1.94 bits per heavy atom. The summed E-state index contributed by atoms with van der Waals surface area (Å²) in [6, 6.07) is 11.5. The van der Waals surface area contributed by atoms with E-state index >= 15 is 0 Å². The number of aliphatic carboxylic acids is 1.